The van der Waals surface area contributed by atoms with E-state index in [9.17, 15) is 0 Å². The molecule has 124 valence electrons. The number of benzene rings is 1. The van der Waals surface area contributed by atoms with Gasteiger partial charge in [0.05, 0.1) is 17.7 Å². The van der Waals surface area contributed by atoms with E-state index in [1.165, 1.54) is 0 Å². The zero-order valence-electron chi connectivity index (χ0n) is 13.3. The molecule has 1 fully saturated rings. The van der Waals surface area contributed by atoms with Crippen molar-refractivity contribution in [1.29, 1.82) is 0 Å². The second-order valence-electron chi connectivity index (χ2n) is 5.91. The molecule has 3 heterocycles. The Bertz CT molecular complexity index is 750. The first-order chi connectivity index (χ1) is 11.9. The Morgan fingerprint density at radius 3 is 2.46 bits per heavy atom. The topological polar surface area (TPSA) is 58.3 Å². The Morgan fingerprint density at radius 2 is 1.75 bits per heavy atom. The Hall–Kier alpha value is -2.09. The molecule has 7 heteroatoms. The molecule has 1 saturated heterocycles. The summed E-state index contributed by atoms with van der Waals surface area (Å²) in [5, 5.41) is 6.21. The van der Waals surface area contributed by atoms with Crippen LogP contribution in [0, 0.1) is 0 Å². The number of rotatable bonds is 5. The van der Waals surface area contributed by atoms with Crippen LogP contribution in [0.4, 0.5) is 0 Å². The molecular weight excluding hydrogens is 322 g/mol. The van der Waals surface area contributed by atoms with Crippen LogP contribution in [0.1, 0.15) is 11.6 Å². The van der Waals surface area contributed by atoms with Crippen LogP contribution in [0.3, 0.4) is 0 Å². The molecule has 0 radical (unpaired) electrons. The summed E-state index contributed by atoms with van der Waals surface area (Å²) in [4.78, 5) is 13.7. The van der Waals surface area contributed by atoms with Crippen molar-refractivity contribution in [2.75, 3.05) is 26.2 Å². The van der Waals surface area contributed by atoms with E-state index < -0.39 is 0 Å². The first-order valence-corrected chi connectivity index (χ1v) is 9.01. The van der Waals surface area contributed by atoms with Gasteiger partial charge in [0.25, 0.3) is 0 Å². The second-order valence-corrected chi connectivity index (χ2v) is 6.63. The number of thiazole rings is 1. The van der Waals surface area contributed by atoms with Gasteiger partial charge < -0.3 is 4.52 Å². The van der Waals surface area contributed by atoms with Gasteiger partial charge in [0.2, 0.25) is 11.7 Å². The van der Waals surface area contributed by atoms with Crippen molar-refractivity contribution in [3.05, 3.63) is 52.8 Å². The lowest BCUT2D eigenvalue weighted by Crippen LogP contribution is -2.45. The molecule has 0 spiro atoms. The summed E-state index contributed by atoms with van der Waals surface area (Å²) in [5.74, 6) is 1.34. The van der Waals surface area contributed by atoms with Crippen LogP contribution in [0.25, 0.3) is 11.4 Å². The highest BCUT2D eigenvalue weighted by atomic mass is 32.1. The number of nitrogens with zero attached hydrogens (tertiary/aromatic N) is 5. The van der Waals surface area contributed by atoms with Gasteiger partial charge in [-0.1, -0.05) is 35.5 Å². The van der Waals surface area contributed by atoms with Crippen LogP contribution in [0.5, 0.6) is 0 Å². The maximum atomic E-state index is 5.41. The monoisotopic (exact) mass is 341 g/mol. The van der Waals surface area contributed by atoms with Crippen molar-refractivity contribution in [3.8, 4) is 11.4 Å². The number of aromatic nitrogens is 3. The smallest absolute Gasteiger partial charge is 0.241 e. The molecule has 1 aromatic carbocycles. The average Bonchev–Trinajstić information content (AvgIpc) is 3.29. The Balaban J connectivity index is 1.30. The molecule has 3 aromatic rings. The number of hydrogen-bond acceptors (Lipinski definition) is 7. The first-order valence-electron chi connectivity index (χ1n) is 8.06. The highest BCUT2D eigenvalue weighted by Gasteiger charge is 2.19. The van der Waals surface area contributed by atoms with Gasteiger partial charge in [-0.3, -0.25) is 9.80 Å². The van der Waals surface area contributed by atoms with E-state index in [2.05, 4.69) is 30.3 Å². The fraction of sp³-hybridized carbons (Fsp3) is 0.353. The van der Waals surface area contributed by atoms with Crippen LogP contribution < -0.4 is 0 Å². The fourth-order valence-corrected chi connectivity index (χ4v) is 3.41. The van der Waals surface area contributed by atoms with Crippen molar-refractivity contribution in [3.63, 3.8) is 0 Å². The van der Waals surface area contributed by atoms with Crippen molar-refractivity contribution >= 4 is 11.3 Å². The van der Waals surface area contributed by atoms with Crippen LogP contribution in [-0.2, 0) is 13.1 Å². The molecule has 0 N–H and O–H groups in total. The number of hydrogen-bond donors (Lipinski definition) is 0. The molecule has 0 unspecified atom stereocenters. The van der Waals surface area contributed by atoms with E-state index in [1.54, 1.807) is 11.3 Å². The third-order valence-corrected chi connectivity index (χ3v) is 4.83. The molecule has 1 aliphatic heterocycles. The van der Waals surface area contributed by atoms with Crippen LogP contribution in [0.2, 0.25) is 0 Å². The summed E-state index contributed by atoms with van der Waals surface area (Å²) in [6.45, 7) is 5.75. The van der Waals surface area contributed by atoms with Gasteiger partial charge in [-0.25, -0.2) is 4.98 Å². The molecule has 0 saturated carbocycles. The van der Waals surface area contributed by atoms with Crippen molar-refractivity contribution < 1.29 is 4.52 Å². The van der Waals surface area contributed by atoms with E-state index in [-0.39, 0.29) is 0 Å². The van der Waals surface area contributed by atoms with E-state index in [0.29, 0.717) is 18.3 Å². The van der Waals surface area contributed by atoms with Gasteiger partial charge in [0.15, 0.2) is 0 Å². The Labute approximate surface area is 144 Å². The van der Waals surface area contributed by atoms with E-state index >= 15 is 0 Å². The maximum absolute atomic E-state index is 5.41. The standard InChI is InChI=1S/C17H19N5OS/c1-2-4-14(5-3-1)17-19-16(23-20-17)11-22-8-6-21(7-9-22)10-15-12-24-13-18-15/h1-5,12-13H,6-11H2. The summed E-state index contributed by atoms with van der Waals surface area (Å²) < 4.78 is 5.41. The SMILES string of the molecule is c1ccc(-c2noc(CN3CCN(Cc4cscn4)CC3)n2)cc1. The normalized spacial score (nSPS) is 16.5. The predicted octanol–water partition coefficient (Wildman–Crippen LogP) is 2.51. The van der Waals surface area contributed by atoms with E-state index in [1.807, 2.05) is 35.8 Å². The van der Waals surface area contributed by atoms with Gasteiger partial charge in [0.1, 0.15) is 0 Å². The maximum Gasteiger partial charge on any atom is 0.241 e. The molecule has 24 heavy (non-hydrogen) atoms. The van der Waals surface area contributed by atoms with Gasteiger partial charge in [0, 0.05) is 43.7 Å². The highest BCUT2D eigenvalue weighted by Crippen LogP contribution is 2.16. The lowest BCUT2D eigenvalue weighted by Gasteiger charge is -2.33. The predicted molar refractivity (Wildman–Crippen MR) is 92.4 cm³/mol. The van der Waals surface area contributed by atoms with Crippen molar-refractivity contribution in [2.24, 2.45) is 0 Å². The molecular formula is C17H19N5OS. The van der Waals surface area contributed by atoms with Gasteiger partial charge in [-0.15, -0.1) is 11.3 Å². The lowest BCUT2D eigenvalue weighted by molar-refractivity contribution is 0.111. The third-order valence-electron chi connectivity index (χ3n) is 4.19. The lowest BCUT2D eigenvalue weighted by atomic mass is 10.2. The summed E-state index contributed by atoms with van der Waals surface area (Å²) in [7, 11) is 0. The van der Waals surface area contributed by atoms with Crippen LogP contribution in [-0.4, -0.2) is 51.1 Å². The first kappa shape index (κ1) is 15.4. The Kier molecular flexibility index (Phi) is 4.64. The minimum Gasteiger partial charge on any atom is -0.338 e. The fourth-order valence-electron chi connectivity index (χ4n) is 2.87. The van der Waals surface area contributed by atoms with Crippen molar-refractivity contribution in [2.45, 2.75) is 13.1 Å². The zero-order chi connectivity index (χ0) is 16.2. The van der Waals surface area contributed by atoms with Gasteiger partial charge >= 0.3 is 0 Å². The molecule has 2 aromatic heterocycles. The summed E-state index contributed by atoms with van der Waals surface area (Å²) in [6.07, 6.45) is 0. The average molecular weight is 341 g/mol. The largest absolute Gasteiger partial charge is 0.338 e. The van der Waals surface area contributed by atoms with E-state index in [0.717, 1.165) is 44.0 Å². The molecule has 0 amide bonds. The van der Waals surface area contributed by atoms with Crippen LogP contribution in [0.15, 0.2) is 45.7 Å². The van der Waals surface area contributed by atoms with Gasteiger partial charge in [-0.2, -0.15) is 4.98 Å². The minimum atomic E-state index is 0.660. The zero-order valence-corrected chi connectivity index (χ0v) is 14.2. The molecule has 0 atom stereocenters. The third kappa shape index (κ3) is 3.69. The molecule has 0 aliphatic carbocycles. The minimum absolute atomic E-state index is 0.660. The summed E-state index contributed by atoms with van der Waals surface area (Å²) >= 11 is 1.66. The highest BCUT2D eigenvalue weighted by molar-refractivity contribution is 7.07. The number of piperazine rings is 1. The molecule has 6 nitrogen and oxygen atoms in total. The van der Waals surface area contributed by atoms with Crippen LogP contribution >= 0.6 is 11.3 Å². The van der Waals surface area contributed by atoms with E-state index in [4.69, 9.17) is 4.52 Å². The quantitative estimate of drug-likeness (QED) is 0.711. The summed E-state index contributed by atoms with van der Waals surface area (Å²) in [5.41, 5.74) is 4.05. The van der Waals surface area contributed by atoms with Gasteiger partial charge in [-0.05, 0) is 0 Å². The molecule has 0 bridgehead atoms. The molecule has 4 rings (SSSR count). The summed E-state index contributed by atoms with van der Waals surface area (Å²) in [6, 6.07) is 9.92. The molecule has 1 aliphatic rings. The Morgan fingerprint density at radius 1 is 1.00 bits per heavy atom. The van der Waals surface area contributed by atoms with Crippen molar-refractivity contribution in [1.82, 2.24) is 24.9 Å². The second kappa shape index (κ2) is 7.21.